The van der Waals surface area contributed by atoms with Crippen LogP contribution in [0.15, 0.2) is 22.6 Å². The van der Waals surface area contributed by atoms with Gasteiger partial charge in [0.1, 0.15) is 5.82 Å². The van der Waals surface area contributed by atoms with E-state index in [1.807, 2.05) is 7.05 Å². The molecule has 1 aliphatic heterocycles. The van der Waals surface area contributed by atoms with Gasteiger partial charge in [0.05, 0.1) is 12.3 Å². The smallest absolute Gasteiger partial charge is 0.219 e. The first-order valence-corrected chi connectivity index (χ1v) is 8.37. The number of hydrogen-bond acceptors (Lipinski definition) is 5. The molecule has 4 unspecified atom stereocenters. The van der Waals surface area contributed by atoms with Crippen LogP contribution in [-0.4, -0.2) is 43.6 Å². The number of hydrogen-bond donors (Lipinski definition) is 4. The molecule has 23 heavy (non-hydrogen) atoms. The largest absolute Gasteiger partial charge is 0.392 e. The van der Waals surface area contributed by atoms with Crippen molar-refractivity contribution in [2.45, 2.75) is 38.7 Å². The Labute approximate surface area is 138 Å². The molecule has 0 saturated heterocycles. The second-order valence-electron chi connectivity index (χ2n) is 6.51. The third-order valence-corrected chi connectivity index (χ3v) is 5.05. The van der Waals surface area contributed by atoms with Crippen LogP contribution in [0.25, 0.3) is 0 Å². The summed E-state index contributed by atoms with van der Waals surface area (Å²) in [6.45, 7) is 2.86. The highest BCUT2D eigenvalue weighted by Crippen LogP contribution is 2.39. The highest BCUT2D eigenvalue weighted by atomic mass is 16.3. The summed E-state index contributed by atoms with van der Waals surface area (Å²) in [5.41, 5.74) is 1.02. The van der Waals surface area contributed by atoms with Crippen molar-refractivity contribution in [3.8, 4) is 0 Å². The zero-order valence-corrected chi connectivity index (χ0v) is 14.2. The number of nitrogens with zero attached hydrogens (tertiary/aromatic N) is 1. The van der Waals surface area contributed by atoms with Crippen LogP contribution < -0.4 is 16.0 Å². The van der Waals surface area contributed by atoms with Crippen molar-refractivity contribution < 1.29 is 9.90 Å². The van der Waals surface area contributed by atoms with E-state index in [1.165, 1.54) is 0 Å². The lowest BCUT2D eigenvalue weighted by Crippen LogP contribution is -2.38. The number of aliphatic hydroxyl groups is 1. The summed E-state index contributed by atoms with van der Waals surface area (Å²) >= 11 is 0. The van der Waals surface area contributed by atoms with Gasteiger partial charge in [0.2, 0.25) is 5.91 Å². The maximum Gasteiger partial charge on any atom is 0.219 e. The number of aliphatic hydroxyl groups excluding tert-OH is 1. The van der Waals surface area contributed by atoms with Gasteiger partial charge in [-0.25, -0.2) is 4.99 Å². The molecule has 4 N–H and O–H groups in total. The van der Waals surface area contributed by atoms with Gasteiger partial charge in [-0.15, -0.1) is 0 Å². The Morgan fingerprint density at radius 3 is 2.96 bits per heavy atom. The Balaban J connectivity index is 1.98. The van der Waals surface area contributed by atoms with Crippen molar-refractivity contribution in [3.63, 3.8) is 0 Å². The summed E-state index contributed by atoms with van der Waals surface area (Å²) in [7, 11) is 3.50. The fourth-order valence-corrected chi connectivity index (χ4v) is 3.50. The van der Waals surface area contributed by atoms with E-state index >= 15 is 0 Å². The van der Waals surface area contributed by atoms with E-state index in [1.54, 1.807) is 13.2 Å². The fourth-order valence-electron chi connectivity index (χ4n) is 3.50. The van der Waals surface area contributed by atoms with E-state index in [0.29, 0.717) is 24.8 Å². The first-order chi connectivity index (χ1) is 11.0. The molecule has 0 aromatic carbocycles. The molecule has 1 saturated carbocycles. The molecule has 0 aromatic rings. The van der Waals surface area contributed by atoms with Gasteiger partial charge in [0, 0.05) is 38.6 Å². The molecule has 128 valence electrons. The van der Waals surface area contributed by atoms with E-state index < -0.39 is 6.10 Å². The van der Waals surface area contributed by atoms with E-state index in [9.17, 15) is 9.90 Å². The molecule has 1 heterocycles. The average Bonchev–Trinajstić information content (AvgIpc) is 2.80. The number of carbonyl (C=O) groups excluding carboxylic acids is 1. The quantitative estimate of drug-likeness (QED) is 0.602. The lowest BCUT2D eigenvalue weighted by Gasteiger charge is -2.38. The summed E-state index contributed by atoms with van der Waals surface area (Å²) in [6, 6.07) is 0. The number of aliphatic imine (C=N–C) groups is 1. The number of amides is 1. The van der Waals surface area contributed by atoms with Crippen molar-refractivity contribution in [3.05, 3.63) is 17.6 Å². The predicted octanol–water partition coefficient (Wildman–Crippen LogP) is 0.753. The normalized spacial score (nSPS) is 30.6. The first kappa shape index (κ1) is 17.6. The summed E-state index contributed by atoms with van der Waals surface area (Å²) in [4.78, 5) is 15.6. The van der Waals surface area contributed by atoms with Crippen LogP contribution in [0.3, 0.4) is 0 Å². The molecule has 0 bridgehead atoms. The van der Waals surface area contributed by atoms with Gasteiger partial charge in [0.15, 0.2) is 0 Å². The summed E-state index contributed by atoms with van der Waals surface area (Å²) in [5, 5.41) is 19.5. The Bertz CT molecular complexity index is 523. The van der Waals surface area contributed by atoms with Crippen LogP contribution in [0.2, 0.25) is 0 Å². The third kappa shape index (κ3) is 4.60. The monoisotopic (exact) mass is 320 g/mol. The topological polar surface area (TPSA) is 85.8 Å². The Kier molecular flexibility index (Phi) is 6.25. The third-order valence-electron chi connectivity index (χ3n) is 5.05. The van der Waals surface area contributed by atoms with Crippen LogP contribution in [0.1, 0.15) is 32.6 Å². The minimum Gasteiger partial charge on any atom is -0.392 e. The molecular weight excluding hydrogens is 292 g/mol. The standard InChI is InChI=1S/C17H28N4O2/c1-11-6-14(13-8-20-10-16(18-2)21-9-13)15(22)7-12(11)4-5-17(23)19-3/h10-12,14-15,18,21-22H,4-7,9H2,1-3H3,(H,19,23). The van der Waals surface area contributed by atoms with Gasteiger partial charge >= 0.3 is 0 Å². The highest BCUT2D eigenvalue weighted by molar-refractivity contribution is 5.75. The summed E-state index contributed by atoms with van der Waals surface area (Å²) in [6.07, 6.45) is 4.33. The molecule has 2 rings (SSSR count). The van der Waals surface area contributed by atoms with Gasteiger partial charge in [-0.3, -0.25) is 4.79 Å². The predicted molar refractivity (Wildman–Crippen MR) is 90.8 cm³/mol. The van der Waals surface area contributed by atoms with E-state index in [4.69, 9.17) is 0 Å². The zero-order chi connectivity index (χ0) is 16.8. The van der Waals surface area contributed by atoms with Crippen LogP contribution in [0.4, 0.5) is 0 Å². The van der Waals surface area contributed by atoms with Crippen molar-refractivity contribution in [2.24, 2.45) is 22.7 Å². The maximum absolute atomic E-state index is 11.4. The van der Waals surface area contributed by atoms with Gasteiger partial charge in [-0.05, 0) is 37.0 Å². The number of rotatable bonds is 5. The average molecular weight is 320 g/mol. The highest BCUT2D eigenvalue weighted by Gasteiger charge is 2.36. The van der Waals surface area contributed by atoms with Gasteiger partial charge in [0.25, 0.3) is 0 Å². The van der Waals surface area contributed by atoms with Crippen molar-refractivity contribution >= 4 is 11.8 Å². The minimum atomic E-state index is -0.392. The lowest BCUT2D eigenvalue weighted by molar-refractivity contribution is -0.121. The molecule has 0 radical (unpaired) electrons. The van der Waals surface area contributed by atoms with Crippen LogP contribution in [0, 0.1) is 17.8 Å². The Hall–Kier alpha value is -1.78. The maximum atomic E-state index is 11.4. The van der Waals surface area contributed by atoms with Crippen molar-refractivity contribution in [1.82, 2.24) is 16.0 Å². The van der Waals surface area contributed by atoms with Gasteiger partial charge < -0.3 is 21.1 Å². The van der Waals surface area contributed by atoms with E-state index in [-0.39, 0.29) is 11.8 Å². The summed E-state index contributed by atoms with van der Waals surface area (Å²) < 4.78 is 0. The van der Waals surface area contributed by atoms with Crippen molar-refractivity contribution in [1.29, 1.82) is 0 Å². The lowest BCUT2D eigenvalue weighted by atomic mass is 9.69. The molecule has 6 heteroatoms. The molecule has 0 spiro atoms. The minimum absolute atomic E-state index is 0.0716. The first-order valence-electron chi connectivity index (χ1n) is 8.37. The van der Waals surface area contributed by atoms with Crippen molar-refractivity contribution in [2.75, 3.05) is 20.6 Å². The second kappa shape index (κ2) is 8.18. The van der Waals surface area contributed by atoms with Crippen LogP contribution >= 0.6 is 0 Å². The molecular formula is C17H28N4O2. The van der Waals surface area contributed by atoms with E-state index in [0.717, 1.165) is 30.7 Å². The SMILES string of the molecule is CNC(=O)CCC1CC(O)C(C2=C=NC=C(NC)NC2)CC1C. The van der Waals surface area contributed by atoms with Gasteiger partial charge in [-0.2, -0.15) is 0 Å². The van der Waals surface area contributed by atoms with Crippen LogP contribution in [-0.2, 0) is 4.79 Å². The Morgan fingerprint density at radius 1 is 1.48 bits per heavy atom. The molecule has 6 nitrogen and oxygen atoms in total. The molecule has 1 amide bonds. The van der Waals surface area contributed by atoms with Crippen LogP contribution in [0.5, 0.6) is 0 Å². The zero-order valence-electron chi connectivity index (χ0n) is 14.2. The fraction of sp³-hybridized carbons (Fsp3) is 0.706. The Morgan fingerprint density at radius 2 is 2.26 bits per heavy atom. The van der Waals surface area contributed by atoms with Gasteiger partial charge in [-0.1, -0.05) is 6.92 Å². The molecule has 1 aliphatic carbocycles. The molecule has 4 atom stereocenters. The summed E-state index contributed by atoms with van der Waals surface area (Å²) in [5.74, 6) is 4.96. The van der Waals surface area contributed by atoms with E-state index in [2.05, 4.69) is 33.7 Å². The second-order valence-corrected chi connectivity index (χ2v) is 6.51. The molecule has 1 fully saturated rings. The number of nitrogens with one attached hydrogen (secondary N) is 3. The molecule has 0 aromatic heterocycles. The molecule has 2 aliphatic rings. The number of carbonyl (C=O) groups is 1.